The van der Waals surface area contributed by atoms with Crippen LogP contribution in [0.4, 0.5) is 0 Å². The van der Waals surface area contributed by atoms with Gasteiger partial charge in [0.05, 0.1) is 19.3 Å². The van der Waals surface area contributed by atoms with E-state index in [1.54, 1.807) is 12.2 Å². The molecule has 0 aliphatic heterocycles. The summed E-state index contributed by atoms with van der Waals surface area (Å²) in [6.07, 6.45) is 50.6. The van der Waals surface area contributed by atoms with Gasteiger partial charge in [0.2, 0.25) is 0 Å². The molecule has 0 aliphatic carbocycles. The molecule has 0 bridgehead atoms. The molecule has 0 rings (SSSR count). The monoisotopic (exact) mass is 874 g/mol. The van der Waals surface area contributed by atoms with Crippen LogP contribution in [0.15, 0.2) is 109 Å². The summed E-state index contributed by atoms with van der Waals surface area (Å²) in [5.41, 5.74) is 5.32. The zero-order valence-electron chi connectivity index (χ0n) is 36.8. The number of carboxylic acid groups (broad SMARTS) is 1. The minimum Gasteiger partial charge on any atom is -0.480 e. The Hall–Kier alpha value is -3.90. The molecule has 0 saturated carbocycles. The van der Waals surface area contributed by atoms with Crippen LogP contribution in [0.3, 0.4) is 0 Å². The van der Waals surface area contributed by atoms with Crippen LogP contribution in [0.1, 0.15) is 136 Å². The molecule has 0 saturated heterocycles. The predicted octanol–water partition coefficient (Wildman–Crippen LogP) is 10.8. The van der Waals surface area contributed by atoms with Crippen LogP contribution in [0, 0.1) is 0 Å². The quantitative estimate of drug-likeness (QED) is 0.0150. The molecule has 0 spiro atoms. The van der Waals surface area contributed by atoms with Crippen molar-refractivity contribution in [3.05, 3.63) is 109 Å². The molecule has 0 heterocycles. The van der Waals surface area contributed by atoms with E-state index in [1.807, 2.05) is 30.4 Å². The molecule has 13 heteroatoms. The summed E-state index contributed by atoms with van der Waals surface area (Å²) in [6.45, 7) is 2.39. The molecule has 2 unspecified atom stereocenters. The highest BCUT2D eigenvalue weighted by atomic mass is 31.2. The van der Waals surface area contributed by atoms with Gasteiger partial charge in [0.15, 0.2) is 6.10 Å². The van der Waals surface area contributed by atoms with Crippen molar-refractivity contribution in [3.8, 4) is 0 Å². The van der Waals surface area contributed by atoms with Crippen molar-refractivity contribution < 1.29 is 52.6 Å². The van der Waals surface area contributed by atoms with Crippen LogP contribution >= 0.6 is 7.82 Å². The Kier molecular flexibility index (Phi) is 38.8. The van der Waals surface area contributed by atoms with Crippen LogP contribution < -0.4 is 5.73 Å². The normalized spacial score (nSPS) is 15.2. The zero-order chi connectivity index (χ0) is 45.1. The molecular weight excluding hydrogens is 797 g/mol. The summed E-state index contributed by atoms with van der Waals surface area (Å²) < 4.78 is 32.5. The van der Waals surface area contributed by atoms with E-state index in [9.17, 15) is 28.9 Å². The standard InChI is InChI=1S/C48H76NO11P/c1-3-5-7-9-11-13-15-17-18-19-20-21-22-24-26-28-30-32-34-38-46(51)57-40-44(41-58-61(55,56)59-42-45(49)48(53)54)60-47(52)39-35-37-43(50)36-33-31-29-27-25-23-16-14-12-10-8-6-4-2/h5,7,11,13,17-18,20-21,23-26,29-33,36,43-45,50H,3-4,6,8-10,12,14-16,19,22,27-28,34-35,37-42,49H2,1-2H3,(H,53,54)(H,55,56)/b7-5-,13-11-,18-17-,21-20-,25-23+,26-24-,31-29+,32-30-,36-33+/t43?,44-,45+/m1/s1. The molecule has 0 amide bonds. The van der Waals surface area contributed by atoms with Crippen LogP contribution in [0.2, 0.25) is 0 Å². The van der Waals surface area contributed by atoms with Gasteiger partial charge >= 0.3 is 25.7 Å². The van der Waals surface area contributed by atoms with Gasteiger partial charge in [0.1, 0.15) is 12.6 Å². The van der Waals surface area contributed by atoms with Crippen LogP contribution in [0.25, 0.3) is 0 Å². The highest BCUT2D eigenvalue weighted by molar-refractivity contribution is 7.47. The Balaban J connectivity index is 4.68. The second-order valence-electron chi connectivity index (χ2n) is 14.3. The third-order valence-corrected chi connectivity index (χ3v) is 9.57. The van der Waals surface area contributed by atoms with Gasteiger partial charge in [0.25, 0.3) is 0 Å². The fraction of sp³-hybridized carbons (Fsp3) is 0.562. The number of aliphatic hydroxyl groups excluding tert-OH is 1. The second-order valence-corrected chi connectivity index (χ2v) is 15.7. The maximum atomic E-state index is 12.6. The fourth-order valence-corrected chi connectivity index (χ4v) is 5.93. The van der Waals surface area contributed by atoms with Gasteiger partial charge in [-0.1, -0.05) is 155 Å². The molecule has 0 fully saturated rings. The number of ether oxygens (including phenoxy) is 2. The molecular formula is C48H76NO11P. The summed E-state index contributed by atoms with van der Waals surface area (Å²) in [4.78, 5) is 46.0. The maximum Gasteiger partial charge on any atom is 0.472 e. The number of carbonyl (C=O) groups is 3. The number of rotatable bonds is 39. The Labute approximate surface area is 366 Å². The summed E-state index contributed by atoms with van der Waals surface area (Å²) >= 11 is 0. The van der Waals surface area contributed by atoms with Gasteiger partial charge in [-0.25, -0.2) is 4.57 Å². The number of hydrogen-bond donors (Lipinski definition) is 4. The SMILES string of the molecule is CC/C=C\C/C=C\C/C=C\C/C=C\C/C=C\C/C=C\CCC(=O)OC[C@H](COP(=O)(O)OC[C@H](N)C(=O)O)OC(=O)CCCC(O)/C=C/C=C/C/C=C/CCCCCCCC. The molecule has 12 nitrogen and oxygen atoms in total. The van der Waals surface area contributed by atoms with E-state index in [1.165, 1.54) is 38.5 Å². The first kappa shape index (κ1) is 57.1. The number of aliphatic carboxylic acids is 1. The number of phosphoric acid groups is 1. The van der Waals surface area contributed by atoms with Crippen molar-refractivity contribution in [1.29, 1.82) is 0 Å². The van der Waals surface area contributed by atoms with E-state index in [-0.39, 0.29) is 25.7 Å². The lowest BCUT2D eigenvalue weighted by atomic mass is 10.1. The number of carboxylic acids is 1. The van der Waals surface area contributed by atoms with E-state index < -0.39 is 63.8 Å². The highest BCUT2D eigenvalue weighted by Gasteiger charge is 2.28. The van der Waals surface area contributed by atoms with Crippen LogP contribution in [0.5, 0.6) is 0 Å². The van der Waals surface area contributed by atoms with Gasteiger partial charge in [-0.3, -0.25) is 23.4 Å². The largest absolute Gasteiger partial charge is 0.480 e. The number of carbonyl (C=O) groups excluding carboxylic acids is 2. The van der Waals surface area contributed by atoms with Gasteiger partial charge in [-0.15, -0.1) is 0 Å². The third-order valence-electron chi connectivity index (χ3n) is 8.62. The summed E-state index contributed by atoms with van der Waals surface area (Å²) in [7, 11) is -4.79. The zero-order valence-corrected chi connectivity index (χ0v) is 37.7. The average Bonchev–Trinajstić information content (AvgIpc) is 3.23. The topological polar surface area (TPSA) is 192 Å². The molecule has 344 valence electrons. The highest BCUT2D eigenvalue weighted by Crippen LogP contribution is 2.43. The second kappa shape index (κ2) is 41.5. The smallest absolute Gasteiger partial charge is 0.472 e. The number of hydrogen-bond acceptors (Lipinski definition) is 10. The lowest BCUT2D eigenvalue weighted by Crippen LogP contribution is -2.34. The summed E-state index contributed by atoms with van der Waals surface area (Å²) in [5.74, 6) is -2.72. The Morgan fingerprint density at radius 1 is 0.607 bits per heavy atom. The number of nitrogens with two attached hydrogens (primary N) is 1. The maximum absolute atomic E-state index is 12.6. The molecule has 5 N–H and O–H groups in total. The van der Waals surface area contributed by atoms with E-state index in [4.69, 9.17) is 24.8 Å². The van der Waals surface area contributed by atoms with Crippen LogP contribution in [-0.4, -0.2) is 71.1 Å². The van der Waals surface area contributed by atoms with Gasteiger partial charge in [0, 0.05) is 12.8 Å². The molecule has 0 radical (unpaired) electrons. The lowest BCUT2D eigenvalue weighted by molar-refractivity contribution is -0.161. The minimum absolute atomic E-state index is 0.0505. The van der Waals surface area contributed by atoms with Crippen molar-refractivity contribution >= 4 is 25.7 Å². The molecule has 0 aromatic rings. The Morgan fingerprint density at radius 2 is 1.13 bits per heavy atom. The van der Waals surface area contributed by atoms with E-state index in [0.29, 0.717) is 12.8 Å². The van der Waals surface area contributed by atoms with Crippen molar-refractivity contribution in [2.24, 2.45) is 5.73 Å². The van der Waals surface area contributed by atoms with E-state index in [0.717, 1.165) is 44.9 Å². The first-order valence-corrected chi connectivity index (χ1v) is 23.5. The van der Waals surface area contributed by atoms with Crippen molar-refractivity contribution in [2.75, 3.05) is 19.8 Å². The molecule has 0 aliphatic rings. The number of allylic oxidation sites excluding steroid dienone is 17. The van der Waals surface area contributed by atoms with Gasteiger partial charge in [-0.2, -0.15) is 0 Å². The minimum atomic E-state index is -4.79. The Bertz CT molecular complexity index is 1460. The number of phosphoric ester groups is 1. The Morgan fingerprint density at radius 3 is 1.72 bits per heavy atom. The third kappa shape index (κ3) is 41.2. The van der Waals surface area contributed by atoms with Gasteiger partial charge in [-0.05, 0) is 77.0 Å². The average molecular weight is 874 g/mol. The molecule has 0 aromatic heterocycles. The van der Waals surface area contributed by atoms with Crippen LogP contribution in [-0.2, 0) is 37.5 Å². The fourth-order valence-electron chi connectivity index (χ4n) is 5.16. The lowest BCUT2D eigenvalue weighted by Gasteiger charge is -2.20. The first-order chi connectivity index (χ1) is 29.5. The van der Waals surface area contributed by atoms with Crippen molar-refractivity contribution in [1.82, 2.24) is 0 Å². The molecule has 61 heavy (non-hydrogen) atoms. The van der Waals surface area contributed by atoms with Crippen molar-refractivity contribution in [3.63, 3.8) is 0 Å². The van der Waals surface area contributed by atoms with Crippen molar-refractivity contribution in [2.45, 2.75) is 154 Å². The van der Waals surface area contributed by atoms with E-state index in [2.05, 4.69) is 85.2 Å². The first-order valence-electron chi connectivity index (χ1n) is 22.0. The van der Waals surface area contributed by atoms with E-state index >= 15 is 0 Å². The number of unbranched alkanes of at least 4 members (excludes halogenated alkanes) is 6. The number of aliphatic hydroxyl groups is 1. The summed E-state index contributed by atoms with van der Waals surface area (Å²) in [5, 5.41) is 19.2. The van der Waals surface area contributed by atoms with Gasteiger partial charge < -0.3 is 30.3 Å². The molecule has 4 atom stereocenters. The molecule has 0 aromatic carbocycles. The number of esters is 2. The summed E-state index contributed by atoms with van der Waals surface area (Å²) in [6, 6.07) is -1.57. The predicted molar refractivity (Wildman–Crippen MR) is 246 cm³/mol.